The standard InChI is InChI=1S/C12H18.C9H7N/c1-9-6-7-11(8-10(9)2)12(3,4)5;1-2-6-9-8(4-1)5-3-7-10-9/h6-8H,1-5H3;1-7H. The average molecular weight is 291 g/mol. The van der Waals surface area contributed by atoms with Crippen molar-refractivity contribution < 1.29 is 0 Å². The minimum absolute atomic E-state index is 0.276. The number of rotatable bonds is 0. The first kappa shape index (κ1) is 16.2. The van der Waals surface area contributed by atoms with Crippen molar-refractivity contribution in [2.24, 2.45) is 0 Å². The van der Waals surface area contributed by atoms with Crippen molar-refractivity contribution in [3.8, 4) is 0 Å². The Bertz CT molecular complexity index is 686. The summed E-state index contributed by atoms with van der Waals surface area (Å²) in [4.78, 5) is 4.18. The number of hydrogen-bond donors (Lipinski definition) is 0. The first-order chi connectivity index (χ1) is 10.4. The molecule has 3 rings (SSSR count). The number of aryl methyl sites for hydroxylation is 2. The summed E-state index contributed by atoms with van der Waals surface area (Å²) < 4.78 is 0. The van der Waals surface area contributed by atoms with Crippen LogP contribution in [-0.2, 0) is 5.41 Å². The van der Waals surface area contributed by atoms with E-state index in [0.717, 1.165) is 5.52 Å². The van der Waals surface area contributed by atoms with Gasteiger partial charge in [-0.3, -0.25) is 4.98 Å². The zero-order valence-corrected chi connectivity index (χ0v) is 14.2. The fourth-order valence-corrected chi connectivity index (χ4v) is 2.22. The lowest BCUT2D eigenvalue weighted by Gasteiger charge is -2.19. The molecule has 0 fully saturated rings. The molecule has 114 valence electrons. The summed E-state index contributed by atoms with van der Waals surface area (Å²) >= 11 is 0. The molecule has 0 saturated carbocycles. The maximum atomic E-state index is 4.18. The van der Waals surface area contributed by atoms with Gasteiger partial charge in [0.15, 0.2) is 0 Å². The summed E-state index contributed by atoms with van der Waals surface area (Å²) in [7, 11) is 0. The highest BCUT2D eigenvalue weighted by Crippen LogP contribution is 2.23. The molecule has 0 spiro atoms. The van der Waals surface area contributed by atoms with Gasteiger partial charge in [-0.15, -0.1) is 0 Å². The van der Waals surface area contributed by atoms with Crippen molar-refractivity contribution in [3.63, 3.8) is 0 Å². The van der Waals surface area contributed by atoms with E-state index >= 15 is 0 Å². The molecule has 0 unspecified atom stereocenters. The Morgan fingerprint density at radius 3 is 2.09 bits per heavy atom. The Morgan fingerprint density at radius 2 is 1.45 bits per heavy atom. The van der Waals surface area contributed by atoms with Gasteiger partial charge < -0.3 is 0 Å². The molecule has 0 N–H and O–H groups in total. The van der Waals surface area contributed by atoms with Gasteiger partial charge in [-0.2, -0.15) is 0 Å². The number of hydrogen-bond acceptors (Lipinski definition) is 1. The third kappa shape index (κ3) is 4.17. The summed E-state index contributed by atoms with van der Waals surface area (Å²) in [6, 6.07) is 18.8. The second kappa shape index (κ2) is 6.74. The monoisotopic (exact) mass is 291 g/mol. The molecule has 0 saturated heterocycles. The van der Waals surface area contributed by atoms with E-state index in [9.17, 15) is 0 Å². The molecule has 1 nitrogen and oxygen atoms in total. The summed E-state index contributed by atoms with van der Waals surface area (Å²) in [5.74, 6) is 0. The summed E-state index contributed by atoms with van der Waals surface area (Å²) in [6.07, 6.45) is 1.81. The van der Waals surface area contributed by atoms with E-state index in [1.165, 1.54) is 22.1 Å². The van der Waals surface area contributed by atoms with Crippen molar-refractivity contribution >= 4 is 10.9 Å². The molecule has 0 atom stereocenters. The quantitative estimate of drug-likeness (QED) is 0.507. The predicted octanol–water partition coefficient (Wildman–Crippen LogP) is 5.84. The zero-order chi connectivity index (χ0) is 16.2. The first-order valence-electron chi connectivity index (χ1n) is 7.75. The minimum Gasteiger partial charge on any atom is -0.256 e. The van der Waals surface area contributed by atoms with Crippen LogP contribution in [0.15, 0.2) is 60.8 Å². The molecule has 0 aliphatic rings. The Labute approximate surface area is 134 Å². The molecular formula is C21H25N. The fraction of sp³-hybridized carbons (Fsp3) is 0.286. The molecule has 1 aromatic heterocycles. The smallest absolute Gasteiger partial charge is 0.0701 e. The Hall–Kier alpha value is -2.15. The van der Waals surface area contributed by atoms with Gasteiger partial charge in [0.05, 0.1) is 5.52 Å². The van der Waals surface area contributed by atoms with Crippen LogP contribution in [-0.4, -0.2) is 4.98 Å². The maximum Gasteiger partial charge on any atom is 0.0701 e. The van der Waals surface area contributed by atoms with Crippen LogP contribution in [0.5, 0.6) is 0 Å². The summed E-state index contributed by atoms with van der Waals surface area (Å²) in [5, 5.41) is 1.20. The Morgan fingerprint density at radius 1 is 0.773 bits per heavy atom. The second-order valence-electron chi connectivity index (χ2n) is 6.75. The number of nitrogens with zero attached hydrogens (tertiary/aromatic N) is 1. The van der Waals surface area contributed by atoms with Crippen LogP contribution in [0, 0.1) is 13.8 Å². The average Bonchev–Trinajstić information content (AvgIpc) is 2.50. The van der Waals surface area contributed by atoms with E-state index in [-0.39, 0.29) is 5.41 Å². The predicted molar refractivity (Wildman–Crippen MR) is 96.4 cm³/mol. The van der Waals surface area contributed by atoms with Crippen molar-refractivity contribution in [1.29, 1.82) is 0 Å². The van der Waals surface area contributed by atoms with Gasteiger partial charge >= 0.3 is 0 Å². The lowest BCUT2D eigenvalue weighted by molar-refractivity contribution is 0.589. The normalized spacial score (nSPS) is 11.0. The molecular weight excluding hydrogens is 266 g/mol. The molecule has 0 bridgehead atoms. The maximum absolute atomic E-state index is 4.18. The summed E-state index contributed by atoms with van der Waals surface area (Å²) in [6.45, 7) is 11.1. The van der Waals surface area contributed by atoms with Crippen LogP contribution in [0.25, 0.3) is 10.9 Å². The van der Waals surface area contributed by atoms with Crippen LogP contribution in [0.4, 0.5) is 0 Å². The second-order valence-corrected chi connectivity index (χ2v) is 6.75. The number of fused-ring (bicyclic) bond motifs is 1. The Kier molecular flexibility index (Phi) is 4.97. The highest BCUT2D eigenvalue weighted by molar-refractivity contribution is 5.77. The first-order valence-corrected chi connectivity index (χ1v) is 7.75. The van der Waals surface area contributed by atoms with Crippen LogP contribution in [0.2, 0.25) is 0 Å². The molecule has 0 aliphatic heterocycles. The van der Waals surface area contributed by atoms with Gasteiger partial charge in [-0.25, -0.2) is 0 Å². The molecule has 3 aromatic rings. The lowest BCUT2D eigenvalue weighted by atomic mass is 9.85. The van der Waals surface area contributed by atoms with Crippen LogP contribution in [0.1, 0.15) is 37.5 Å². The third-order valence-corrected chi connectivity index (χ3v) is 3.89. The fourth-order valence-electron chi connectivity index (χ4n) is 2.22. The molecule has 22 heavy (non-hydrogen) atoms. The zero-order valence-electron chi connectivity index (χ0n) is 14.2. The van der Waals surface area contributed by atoms with Gasteiger partial charge in [0.2, 0.25) is 0 Å². The van der Waals surface area contributed by atoms with E-state index in [4.69, 9.17) is 0 Å². The van der Waals surface area contributed by atoms with Gasteiger partial charge in [-0.05, 0) is 48.1 Å². The molecule has 2 aromatic carbocycles. The molecule has 1 heterocycles. The largest absolute Gasteiger partial charge is 0.256 e. The number of benzene rings is 2. The number of para-hydroxylation sites is 1. The molecule has 0 amide bonds. The van der Waals surface area contributed by atoms with Gasteiger partial charge in [0.25, 0.3) is 0 Å². The number of aromatic nitrogens is 1. The SMILES string of the molecule is Cc1ccc(C(C)(C)C)cc1C.c1ccc2ncccc2c1. The number of pyridine rings is 1. The van der Waals surface area contributed by atoms with Crippen LogP contribution in [0.3, 0.4) is 0 Å². The molecule has 1 heteroatoms. The van der Waals surface area contributed by atoms with Crippen molar-refractivity contribution in [1.82, 2.24) is 4.98 Å². The van der Waals surface area contributed by atoms with E-state index in [1.54, 1.807) is 0 Å². The third-order valence-electron chi connectivity index (χ3n) is 3.89. The Balaban J connectivity index is 0.000000162. The highest BCUT2D eigenvalue weighted by Gasteiger charge is 2.13. The molecule has 0 aliphatic carbocycles. The van der Waals surface area contributed by atoms with E-state index < -0.39 is 0 Å². The minimum atomic E-state index is 0.276. The van der Waals surface area contributed by atoms with Crippen molar-refractivity contribution in [2.75, 3.05) is 0 Å². The van der Waals surface area contributed by atoms with Gasteiger partial charge in [0, 0.05) is 11.6 Å². The molecule has 0 radical (unpaired) electrons. The summed E-state index contributed by atoms with van der Waals surface area (Å²) in [5.41, 5.74) is 5.53. The van der Waals surface area contributed by atoms with Gasteiger partial charge in [0.1, 0.15) is 0 Å². The van der Waals surface area contributed by atoms with Crippen LogP contribution < -0.4 is 0 Å². The van der Waals surface area contributed by atoms with E-state index in [0.29, 0.717) is 0 Å². The van der Waals surface area contributed by atoms with Crippen molar-refractivity contribution in [2.45, 2.75) is 40.0 Å². The van der Waals surface area contributed by atoms with Crippen LogP contribution >= 0.6 is 0 Å². The highest BCUT2D eigenvalue weighted by atomic mass is 14.6. The van der Waals surface area contributed by atoms with E-state index in [2.05, 4.69) is 69.9 Å². The topological polar surface area (TPSA) is 12.9 Å². The lowest BCUT2D eigenvalue weighted by Crippen LogP contribution is -2.11. The van der Waals surface area contributed by atoms with Crippen molar-refractivity contribution in [3.05, 3.63) is 77.5 Å². The van der Waals surface area contributed by atoms with E-state index in [1.807, 2.05) is 30.5 Å². The van der Waals surface area contributed by atoms with Gasteiger partial charge in [-0.1, -0.05) is 63.2 Å².